The van der Waals surface area contributed by atoms with Crippen LogP contribution in [0.3, 0.4) is 0 Å². The largest absolute Gasteiger partial charge is 0.377 e. The molecular weight excluding hydrogens is 501 g/mol. The maximum Gasteiger partial charge on any atom is 0.213 e. The number of sulfonamides is 1. The van der Waals surface area contributed by atoms with Gasteiger partial charge in [-0.15, -0.1) is 35.3 Å². The maximum atomic E-state index is 12.1. The lowest BCUT2D eigenvalue weighted by Crippen LogP contribution is -2.42. The molecule has 156 valence electrons. The number of rotatable bonds is 9. The average Bonchev–Trinajstić information content (AvgIpc) is 3.04. The summed E-state index contributed by atoms with van der Waals surface area (Å²) in [4.78, 5) is 9.86. The first-order valence-electron chi connectivity index (χ1n) is 9.01. The van der Waals surface area contributed by atoms with Crippen LogP contribution in [-0.4, -0.2) is 57.5 Å². The van der Waals surface area contributed by atoms with Gasteiger partial charge in [0.25, 0.3) is 0 Å². The van der Waals surface area contributed by atoms with Crippen molar-refractivity contribution in [3.63, 3.8) is 0 Å². The summed E-state index contributed by atoms with van der Waals surface area (Å²) in [5.41, 5.74) is 0. The molecule has 0 aromatic carbocycles. The molecule has 3 N–H and O–H groups in total. The molecule has 0 aliphatic carbocycles. The molecule has 27 heavy (non-hydrogen) atoms. The van der Waals surface area contributed by atoms with Crippen molar-refractivity contribution in [1.29, 1.82) is 0 Å². The summed E-state index contributed by atoms with van der Waals surface area (Å²) in [6.45, 7) is 6.49. The molecule has 2 rings (SSSR count). The second-order valence-corrected chi connectivity index (χ2v) is 9.39. The number of thiazole rings is 1. The standard InChI is InChI=1S/C16H29N5O3S2.HI/c1-3-17-16(20-12-15-19-10-13(2)25-15)18-7-9-26(22,23)21-11-14-6-4-5-8-24-14;/h10,14,21H,3-9,11-12H2,1-2H3,(H2,17,18,20);1H. The highest BCUT2D eigenvalue weighted by molar-refractivity contribution is 14.0. The van der Waals surface area contributed by atoms with Crippen LogP contribution in [0.2, 0.25) is 0 Å². The second-order valence-electron chi connectivity index (χ2n) is 6.14. The Bertz CT molecular complexity index is 675. The van der Waals surface area contributed by atoms with E-state index in [1.807, 2.05) is 20.0 Å². The van der Waals surface area contributed by atoms with Gasteiger partial charge in [-0.25, -0.2) is 23.1 Å². The molecule has 0 amide bonds. The summed E-state index contributed by atoms with van der Waals surface area (Å²) in [6.07, 6.45) is 4.88. The molecule has 1 fully saturated rings. The minimum Gasteiger partial charge on any atom is -0.377 e. The van der Waals surface area contributed by atoms with Gasteiger partial charge >= 0.3 is 0 Å². The summed E-state index contributed by atoms with van der Waals surface area (Å²) in [5, 5.41) is 7.10. The lowest BCUT2D eigenvalue weighted by molar-refractivity contribution is 0.0200. The molecule has 11 heteroatoms. The second kappa shape index (κ2) is 12.9. The molecule has 1 aromatic heterocycles. The number of aliphatic imine (C=N–C) groups is 1. The van der Waals surface area contributed by atoms with Crippen molar-refractivity contribution in [1.82, 2.24) is 20.3 Å². The molecule has 0 bridgehead atoms. The number of guanidine groups is 1. The predicted octanol–water partition coefficient (Wildman–Crippen LogP) is 1.61. The number of hydrogen-bond donors (Lipinski definition) is 3. The van der Waals surface area contributed by atoms with E-state index in [0.29, 0.717) is 25.6 Å². The fraction of sp³-hybridized carbons (Fsp3) is 0.750. The summed E-state index contributed by atoms with van der Waals surface area (Å²) in [6, 6.07) is 0. The van der Waals surface area contributed by atoms with E-state index in [2.05, 4.69) is 25.3 Å². The molecule has 1 saturated heterocycles. The topological polar surface area (TPSA) is 105 Å². The molecular formula is C16H30IN5O3S2. The first kappa shape index (κ1) is 24.5. The van der Waals surface area contributed by atoms with Gasteiger partial charge in [-0.05, 0) is 33.1 Å². The predicted molar refractivity (Wildman–Crippen MR) is 120 cm³/mol. The summed E-state index contributed by atoms with van der Waals surface area (Å²) >= 11 is 1.60. The number of nitrogens with one attached hydrogen (secondary N) is 3. The van der Waals surface area contributed by atoms with Crippen LogP contribution < -0.4 is 15.4 Å². The first-order valence-corrected chi connectivity index (χ1v) is 11.5. The molecule has 1 aliphatic rings. The minimum atomic E-state index is -3.34. The van der Waals surface area contributed by atoms with Crippen molar-refractivity contribution in [2.24, 2.45) is 4.99 Å². The molecule has 1 aliphatic heterocycles. The number of halogens is 1. The van der Waals surface area contributed by atoms with Gasteiger partial charge in [0.05, 0.1) is 18.4 Å². The van der Waals surface area contributed by atoms with Crippen molar-refractivity contribution in [2.45, 2.75) is 45.8 Å². The van der Waals surface area contributed by atoms with Crippen molar-refractivity contribution in [2.75, 3.05) is 32.0 Å². The molecule has 8 nitrogen and oxygen atoms in total. The van der Waals surface area contributed by atoms with E-state index in [4.69, 9.17) is 4.74 Å². The van der Waals surface area contributed by atoms with Crippen molar-refractivity contribution < 1.29 is 13.2 Å². The average molecular weight is 531 g/mol. The molecule has 0 spiro atoms. The van der Waals surface area contributed by atoms with Gasteiger partial charge in [0.2, 0.25) is 10.0 Å². The fourth-order valence-corrected chi connectivity index (χ4v) is 4.19. The third-order valence-corrected chi connectivity index (χ3v) is 6.10. The lowest BCUT2D eigenvalue weighted by atomic mass is 10.1. The van der Waals surface area contributed by atoms with Crippen molar-refractivity contribution >= 4 is 51.3 Å². The Morgan fingerprint density at radius 3 is 2.85 bits per heavy atom. The SMILES string of the molecule is CCNC(=NCc1ncc(C)s1)NCCS(=O)(=O)NCC1CCCCO1.I. The van der Waals surface area contributed by atoms with Crippen molar-refractivity contribution in [3.05, 3.63) is 16.1 Å². The lowest BCUT2D eigenvalue weighted by Gasteiger charge is -2.22. The third-order valence-electron chi connectivity index (χ3n) is 3.85. The summed E-state index contributed by atoms with van der Waals surface area (Å²) < 4.78 is 32.4. The quantitative estimate of drug-likeness (QED) is 0.254. The number of nitrogens with zero attached hydrogens (tertiary/aromatic N) is 2. The Kier molecular flexibility index (Phi) is 11.7. The maximum absolute atomic E-state index is 12.1. The van der Waals surface area contributed by atoms with Gasteiger partial charge in [0, 0.05) is 37.3 Å². The highest BCUT2D eigenvalue weighted by Gasteiger charge is 2.17. The molecule has 1 unspecified atom stereocenters. The van der Waals surface area contributed by atoms with Gasteiger partial charge in [-0.3, -0.25) is 0 Å². The van der Waals surface area contributed by atoms with E-state index in [9.17, 15) is 8.42 Å². The van der Waals surface area contributed by atoms with E-state index in [-0.39, 0.29) is 42.4 Å². The summed E-state index contributed by atoms with van der Waals surface area (Å²) in [7, 11) is -3.34. The van der Waals surface area contributed by atoms with Gasteiger partial charge in [-0.2, -0.15) is 0 Å². The molecule has 0 radical (unpaired) electrons. The first-order chi connectivity index (χ1) is 12.5. The van der Waals surface area contributed by atoms with Crippen LogP contribution in [0.5, 0.6) is 0 Å². The molecule has 2 heterocycles. The van der Waals surface area contributed by atoms with Gasteiger partial charge in [0.15, 0.2) is 5.96 Å². The van der Waals surface area contributed by atoms with Crippen LogP contribution in [0.25, 0.3) is 0 Å². The number of aryl methyl sites for hydroxylation is 1. The van der Waals surface area contributed by atoms with Crippen LogP contribution in [0.4, 0.5) is 0 Å². The summed E-state index contributed by atoms with van der Waals surface area (Å²) in [5.74, 6) is 0.576. The van der Waals surface area contributed by atoms with Gasteiger partial charge < -0.3 is 15.4 Å². The van der Waals surface area contributed by atoms with Crippen LogP contribution >= 0.6 is 35.3 Å². The smallest absolute Gasteiger partial charge is 0.213 e. The Hall–Kier alpha value is -0.500. The van der Waals surface area contributed by atoms with E-state index < -0.39 is 10.0 Å². The van der Waals surface area contributed by atoms with E-state index in [1.165, 1.54) is 0 Å². The molecule has 0 saturated carbocycles. The Balaban J connectivity index is 0.00000364. The number of hydrogen-bond acceptors (Lipinski definition) is 6. The van der Waals surface area contributed by atoms with Crippen LogP contribution in [0.1, 0.15) is 36.1 Å². The third kappa shape index (κ3) is 10.0. The van der Waals surface area contributed by atoms with Crippen LogP contribution in [0, 0.1) is 6.92 Å². The van der Waals surface area contributed by atoms with E-state index >= 15 is 0 Å². The van der Waals surface area contributed by atoms with Crippen LogP contribution in [-0.2, 0) is 21.3 Å². The van der Waals surface area contributed by atoms with Crippen LogP contribution in [0.15, 0.2) is 11.2 Å². The highest BCUT2D eigenvalue weighted by Crippen LogP contribution is 2.12. The number of ether oxygens (including phenoxy) is 1. The monoisotopic (exact) mass is 531 g/mol. The molecule has 1 aromatic rings. The Morgan fingerprint density at radius 2 is 2.22 bits per heavy atom. The zero-order chi connectivity index (χ0) is 18.8. The van der Waals surface area contributed by atoms with Crippen molar-refractivity contribution in [3.8, 4) is 0 Å². The van der Waals surface area contributed by atoms with Gasteiger partial charge in [-0.1, -0.05) is 0 Å². The zero-order valence-electron chi connectivity index (χ0n) is 15.9. The normalized spacial score (nSPS) is 18.0. The Morgan fingerprint density at radius 1 is 1.41 bits per heavy atom. The minimum absolute atomic E-state index is 0. The Labute approximate surface area is 183 Å². The fourth-order valence-electron chi connectivity index (χ4n) is 2.53. The van der Waals surface area contributed by atoms with E-state index in [0.717, 1.165) is 35.8 Å². The van der Waals surface area contributed by atoms with E-state index in [1.54, 1.807) is 11.3 Å². The zero-order valence-corrected chi connectivity index (χ0v) is 19.8. The number of aromatic nitrogens is 1. The molecule has 1 atom stereocenters. The van der Waals surface area contributed by atoms with Gasteiger partial charge in [0.1, 0.15) is 5.01 Å². The highest BCUT2D eigenvalue weighted by atomic mass is 127.